The Morgan fingerprint density at radius 3 is 2.76 bits per heavy atom. The summed E-state index contributed by atoms with van der Waals surface area (Å²) in [4.78, 5) is 24.8. The molecule has 0 radical (unpaired) electrons. The minimum absolute atomic E-state index is 0.0359. The number of hydrogen-bond acceptors (Lipinski definition) is 7. The van der Waals surface area contributed by atoms with Gasteiger partial charge in [-0.05, 0) is 44.2 Å². The zero-order valence-corrected chi connectivity index (χ0v) is 22.8. The fourth-order valence-corrected chi connectivity index (χ4v) is 6.93. The van der Waals surface area contributed by atoms with E-state index in [1.165, 1.54) is 27.8 Å². The third kappa shape index (κ3) is 6.14. The summed E-state index contributed by atoms with van der Waals surface area (Å²) in [7, 11) is 0. The number of thioether (sulfide) groups is 2. The predicted octanol–water partition coefficient (Wildman–Crippen LogP) is 6.27. The predicted molar refractivity (Wildman–Crippen MR) is 144 cm³/mol. The first-order valence-electron chi connectivity index (χ1n) is 12.0. The zero-order chi connectivity index (χ0) is 24.1. The molecule has 0 aliphatic carbocycles. The summed E-state index contributed by atoms with van der Waals surface area (Å²) in [5.74, 6) is 1.36. The van der Waals surface area contributed by atoms with Crippen LogP contribution in [0.25, 0.3) is 10.2 Å². The highest BCUT2D eigenvalue weighted by atomic mass is 32.2. The second kappa shape index (κ2) is 11.4. The standard InChI is InChI=1S/C26H33N3O2S3/c1-5-12-32-25-28-23(33-16-21(30)27-17(3)13-18-10-8-7-9-11-18)22-19-14-26(4,6-2)31-15-20(19)34-24(22)29-25/h7-11,17H,5-6,12-16H2,1-4H3,(H,27,30). The Hall–Kier alpha value is -1.61. The lowest BCUT2D eigenvalue weighted by molar-refractivity contribution is -0.119. The lowest BCUT2D eigenvalue weighted by atomic mass is 9.90. The summed E-state index contributed by atoms with van der Waals surface area (Å²) >= 11 is 4.93. The van der Waals surface area contributed by atoms with Crippen molar-refractivity contribution >= 4 is 51.0 Å². The van der Waals surface area contributed by atoms with Crippen LogP contribution in [0, 0.1) is 0 Å². The molecular weight excluding hydrogens is 483 g/mol. The van der Waals surface area contributed by atoms with Crippen molar-refractivity contribution in [2.75, 3.05) is 11.5 Å². The molecule has 2 unspecified atom stereocenters. The lowest BCUT2D eigenvalue weighted by Crippen LogP contribution is -2.35. The largest absolute Gasteiger partial charge is 0.369 e. The molecule has 2 aromatic heterocycles. The second-order valence-corrected chi connectivity index (χ2v) is 12.2. The number of ether oxygens (including phenoxy) is 1. The van der Waals surface area contributed by atoms with E-state index in [0.29, 0.717) is 12.4 Å². The maximum atomic E-state index is 12.8. The van der Waals surface area contributed by atoms with Gasteiger partial charge in [-0.1, -0.05) is 67.7 Å². The summed E-state index contributed by atoms with van der Waals surface area (Å²) < 4.78 is 6.18. The van der Waals surface area contributed by atoms with E-state index in [9.17, 15) is 4.79 Å². The van der Waals surface area contributed by atoms with Crippen LogP contribution in [0.5, 0.6) is 0 Å². The van der Waals surface area contributed by atoms with Gasteiger partial charge >= 0.3 is 0 Å². The van der Waals surface area contributed by atoms with Gasteiger partial charge < -0.3 is 10.1 Å². The number of nitrogens with one attached hydrogen (secondary N) is 1. The van der Waals surface area contributed by atoms with Crippen molar-refractivity contribution in [3.8, 4) is 0 Å². The zero-order valence-electron chi connectivity index (χ0n) is 20.3. The van der Waals surface area contributed by atoms with E-state index in [2.05, 4.69) is 45.1 Å². The Balaban J connectivity index is 1.52. The molecule has 182 valence electrons. The van der Waals surface area contributed by atoms with Crippen LogP contribution in [0.3, 0.4) is 0 Å². The Bertz CT molecular complexity index is 1140. The van der Waals surface area contributed by atoms with Crippen LogP contribution in [0.1, 0.15) is 56.5 Å². The van der Waals surface area contributed by atoms with Gasteiger partial charge in [0.15, 0.2) is 5.16 Å². The molecule has 5 nitrogen and oxygen atoms in total. The first-order valence-corrected chi connectivity index (χ1v) is 14.7. The normalized spacial score (nSPS) is 18.6. The summed E-state index contributed by atoms with van der Waals surface area (Å²) in [6, 6.07) is 10.3. The van der Waals surface area contributed by atoms with Crippen LogP contribution < -0.4 is 5.32 Å². The van der Waals surface area contributed by atoms with Crippen molar-refractivity contribution in [1.29, 1.82) is 0 Å². The van der Waals surface area contributed by atoms with Gasteiger partial charge in [-0.25, -0.2) is 9.97 Å². The molecule has 2 atom stereocenters. The number of hydrogen-bond donors (Lipinski definition) is 1. The highest BCUT2D eigenvalue weighted by molar-refractivity contribution is 8.00. The summed E-state index contributed by atoms with van der Waals surface area (Å²) in [6.07, 6.45) is 3.71. The van der Waals surface area contributed by atoms with E-state index in [-0.39, 0.29) is 17.6 Å². The molecule has 3 heterocycles. The topological polar surface area (TPSA) is 64.1 Å². The maximum Gasteiger partial charge on any atom is 0.230 e. The van der Waals surface area contributed by atoms with Crippen LogP contribution in [-0.2, 0) is 29.0 Å². The van der Waals surface area contributed by atoms with Crippen molar-refractivity contribution in [1.82, 2.24) is 15.3 Å². The number of nitrogens with zero attached hydrogens (tertiary/aromatic N) is 2. The minimum Gasteiger partial charge on any atom is -0.369 e. The summed E-state index contributed by atoms with van der Waals surface area (Å²) in [5.41, 5.74) is 2.37. The number of carbonyl (C=O) groups is 1. The molecule has 1 amide bonds. The van der Waals surface area contributed by atoms with Crippen LogP contribution >= 0.6 is 34.9 Å². The number of carbonyl (C=O) groups excluding carboxylic acids is 1. The first-order chi connectivity index (χ1) is 16.4. The molecule has 34 heavy (non-hydrogen) atoms. The molecule has 3 aromatic rings. The molecule has 0 bridgehead atoms. The van der Waals surface area contributed by atoms with Gasteiger partial charge in [-0.2, -0.15) is 0 Å². The minimum atomic E-state index is -0.164. The first kappa shape index (κ1) is 25.5. The van der Waals surface area contributed by atoms with Gasteiger partial charge in [0.2, 0.25) is 5.91 Å². The van der Waals surface area contributed by atoms with E-state index in [4.69, 9.17) is 14.7 Å². The van der Waals surface area contributed by atoms with E-state index in [1.807, 2.05) is 18.2 Å². The van der Waals surface area contributed by atoms with Crippen LogP contribution in [-0.4, -0.2) is 39.0 Å². The summed E-state index contributed by atoms with van der Waals surface area (Å²) in [6.45, 7) is 9.19. The van der Waals surface area contributed by atoms with Crippen molar-refractivity contribution in [2.45, 2.75) is 81.8 Å². The molecular formula is C26H33N3O2S3. The van der Waals surface area contributed by atoms with E-state index >= 15 is 0 Å². The lowest BCUT2D eigenvalue weighted by Gasteiger charge is -2.33. The molecule has 0 fully saturated rings. The fraction of sp³-hybridized carbons (Fsp3) is 0.500. The molecule has 0 saturated carbocycles. The number of rotatable bonds is 10. The van der Waals surface area contributed by atoms with E-state index in [0.717, 1.165) is 51.8 Å². The fourth-order valence-electron chi connectivity index (χ4n) is 4.08. The van der Waals surface area contributed by atoms with Gasteiger partial charge in [-0.3, -0.25) is 4.79 Å². The molecule has 1 aromatic carbocycles. The highest BCUT2D eigenvalue weighted by Gasteiger charge is 2.33. The van der Waals surface area contributed by atoms with Gasteiger partial charge in [0, 0.05) is 28.5 Å². The number of amides is 1. The average molecular weight is 516 g/mol. The van der Waals surface area contributed by atoms with Gasteiger partial charge in [0.25, 0.3) is 0 Å². The molecule has 1 aliphatic heterocycles. The highest BCUT2D eigenvalue weighted by Crippen LogP contribution is 2.43. The summed E-state index contributed by atoms with van der Waals surface area (Å²) in [5, 5.41) is 5.99. The number of benzene rings is 1. The molecule has 1 N–H and O–H groups in total. The van der Waals surface area contributed by atoms with Crippen molar-refractivity contribution in [2.24, 2.45) is 0 Å². The van der Waals surface area contributed by atoms with Crippen LogP contribution in [0.2, 0.25) is 0 Å². The average Bonchev–Trinajstić information content (AvgIpc) is 3.19. The van der Waals surface area contributed by atoms with Crippen LogP contribution in [0.4, 0.5) is 0 Å². The Morgan fingerprint density at radius 1 is 1.24 bits per heavy atom. The Labute approximate surface area is 214 Å². The number of fused-ring (bicyclic) bond motifs is 3. The monoisotopic (exact) mass is 515 g/mol. The van der Waals surface area contributed by atoms with Crippen LogP contribution in [0.15, 0.2) is 40.5 Å². The van der Waals surface area contributed by atoms with Crippen molar-refractivity contribution in [3.63, 3.8) is 0 Å². The Kier molecular flexibility index (Phi) is 8.56. The smallest absolute Gasteiger partial charge is 0.230 e. The Morgan fingerprint density at radius 2 is 2.03 bits per heavy atom. The van der Waals surface area contributed by atoms with Gasteiger partial charge in [0.05, 0.1) is 18.0 Å². The van der Waals surface area contributed by atoms with Crippen molar-refractivity contribution < 1.29 is 9.53 Å². The molecule has 8 heteroatoms. The quantitative estimate of drug-likeness (QED) is 0.195. The second-order valence-electron chi connectivity index (χ2n) is 9.06. The van der Waals surface area contributed by atoms with Crippen molar-refractivity contribution in [3.05, 3.63) is 46.3 Å². The van der Waals surface area contributed by atoms with Gasteiger partial charge in [-0.15, -0.1) is 11.3 Å². The maximum absolute atomic E-state index is 12.8. The molecule has 1 aliphatic rings. The molecule has 0 saturated heterocycles. The van der Waals surface area contributed by atoms with E-state index in [1.54, 1.807) is 23.1 Å². The third-order valence-corrected chi connectivity index (χ3v) is 9.23. The van der Waals surface area contributed by atoms with Gasteiger partial charge in [0.1, 0.15) is 9.86 Å². The van der Waals surface area contributed by atoms with E-state index < -0.39 is 0 Å². The number of thiophene rings is 1. The molecule has 0 spiro atoms. The number of aromatic nitrogens is 2. The third-order valence-electron chi connectivity index (χ3n) is 6.10. The molecule has 4 rings (SSSR count). The SMILES string of the molecule is CCCSc1nc(SCC(=O)NC(C)Cc2ccccc2)c2c3c(sc2n1)COC(C)(CC)C3.